The largest absolute Gasteiger partial charge is 0.370 e. The van der Waals surface area contributed by atoms with Gasteiger partial charge in [0, 0.05) is 27.1 Å². The van der Waals surface area contributed by atoms with Gasteiger partial charge in [0.25, 0.3) is 0 Å². The maximum absolute atomic E-state index is 12.1. The van der Waals surface area contributed by atoms with Crippen LogP contribution >= 0.6 is 0 Å². The molecule has 6 nitrogen and oxygen atoms in total. The van der Waals surface area contributed by atoms with E-state index < -0.39 is 16.1 Å². The van der Waals surface area contributed by atoms with Crippen LogP contribution in [0.25, 0.3) is 0 Å². The second kappa shape index (κ2) is 5.83. The summed E-state index contributed by atoms with van der Waals surface area (Å²) >= 11 is 0. The number of nitrogens with two attached hydrogens (primary N) is 1. The fourth-order valence-electron chi connectivity index (χ4n) is 1.38. The third kappa shape index (κ3) is 3.44. The normalized spacial score (nSPS) is 11.5. The molecule has 0 radical (unpaired) electrons. The van der Waals surface area contributed by atoms with Crippen LogP contribution in [0.3, 0.4) is 0 Å². The van der Waals surface area contributed by atoms with Crippen molar-refractivity contribution in [3.8, 4) is 0 Å². The zero-order chi connectivity index (χ0) is 13.8. The van der Waals surface area contributed by atoms with Gasteiger partial charge in [0.2, 0.25) is 5.91 Å². The van der Waals surface area contributed by atoms with E-state index >= 15 is 0 Å². The Morgan fingerprint density at radius 1 is 1.22 bits per heavy atom. The summed E-state index contributed by atoms with van der Waals surface area (Å²) in [6.45, 7) is 0.0276. The monoisotopic (exact) mass is 271 g/mol. The van der Waals surface area contributed by atoms with Crippen molar-refractivity contribution >= 4 is 21.8 Å². The molecule has 0 saturated carbocycles. The van der Waals surface area contributed by atoms with Gasteiger partial charge in [-0.05, 0) is 12.1 Å². The lowest BCUT2D eigenvalue weighted by atomic mass is 10.3. The van der Waals surface area contributed by atoms with Crippen LogP contribution in [0, 0.1) is 0 Å². The molecule has 7 heteroatoms. The number of carbonyl (C=O) groups is 1. The zero-order valence-corrected chi connectivity index (χ0v) is 11.2. The Balaban J connectivity index is 3.07. The van der Waals surface area contributed by atoms with Crippen LogP contribution in [0.4, 0.5) is 5.69 Å². The average molecular weight is 271 g/mol. The van der Waals surface area contributed by atoms with E-state index in [9.17, 15) is 13.2 Å². The highest BCUT2D eigenvalue weighted by molar-refractivity contribution is 7.90. The van der Waals surface area contributed by atoms with E-state index in [1.54, 1.807) is 30.3 Å². The van der Waals surface area contributed by atoms with Gasteiger partial charge in [0.05, 0.1) is 5.69 Å². The summed E-state index contributed by atoms with van der Waals surface area (Å²) < 4.78 is 26.5. The van der Waals surface area contributed by atoms with Crippen molar-refractivity contribution in [1.29, 1.82) is 0 Å². The first-order valence-electron chi connectivity index (χ1n) is 5.39. The van der Waals surface area contributed by atoms with E-state index in [1.807, 2.05) is 0 Å². The Bertz CT molecular complexity index is 500. The van der Waals surface area contributed by atoms with E-state index in [4.69, 9.17) is 5.73 Å². The van der Waals surface area contributed by atoms with E-state index in [0.717, 1.165) is 8.61 Å². The molecule has 100 valence electrons. The molecule has 2 N–H and O–H groups in total. The molecule has 0 saturated heterocycles. The molecule has 1 rings (SSSR count). The van der Waals surface area contributed by atoms with Crippen molar-refractivity contribution < 1.29 is 13.2 Å². The van der Waals surface area contributed by atoms with Gasteiger partial charge in [-0.3, -0.25) is 9.10 Å². The highest BCUT2D eigenvalue weighted by atomic mass is 32.2. The topological polar surface area (TPSA) is 83.7 Å². The minimum absolute atomic E-state index is 0.0258. The lowest BCUT2D eigenvalue weighted by Gasteiger charge is -2.26. The molecule has 0 spiro atoms. The molecule has 1 aromatic rings. The first-order valence-corrected chi connectivity index (χ1v) is 6.79. The third-order valence-electron chi connectivity index (χ3n) is 2.35. The molecular formula is C11H17N3O3S. The van der Waals surface area contributed by atoms with Gasteiger partial charge in [0.15, 0.2) is 0 Å². The second-order valence-electron chi connectivity index (χ2n) is 3.91. The Hall–Kier alpha value is -1.60. The molecule has 0 aromatic heterocycles. The first kappa shape index (κ1) is 14.5. The summed E-state index contributed by atoms with van der Waals surface area (Å²) in [5.74, 6) is -0.537. The first-order chi connectivity index (χ1) is 8.35. The van der Waals surface area contributed by atoms with Crippen LogP contribution in [-0.4, -0.2) is 39.3 Å². The van der Waals surface area contributed by atoms with Crippen LogP contribution in [0.5, 0.6) is 0 Å². The number of rotatable bonds is 6. The molecule has 0 fully saturated rings. The van der Waals surface area contributed by atoms with Crippen molar-refractivity contribution in [3.05, 3.63) is 30.3 Å². The standard InChI is InChI=1S/C11H17N3O3S/c1-13(2)18(16,17)14(9-8-11(12)15)10-6-4-3-5-7-10/h3-7H,8-9H2,1-2H3,(H2,12,15). The number of anilines is 1. The molecule has 0 aliphatic heterocycles. The lowest BCUT2D eigenvalue weighted by Crippen LogP contribution is -2.41. The maximum Gasteiger partial charge on any atom is 0.303 e. The fraction of sp³-hybridized carbons (Fsp3) is 0.364. The molecule has 0 unspecified atom stereocenters. The van der Waals surface area contributed by atoms with Gasteiger partial charge in [-0.15, -0.1) is 0 Å². The van der Waals surface area contributed by atoms with Crippen LogP contribution in [0.15, 0.2) is 30.3 Å². The van der Waals surface area contributed by atoms with Gasteiger partial charge < -0.3 is 5.73 Å². The van der Waals surface area contributed by atoms with E-state index in [-0.39, 0.29) is 13.0 Å². The SMILES string of the molecule is CN(C)S(=O)(=O)N(CCC(N)=O)c1ccccc1. The van der Waals surface area contributed by atoms with Gasteiger partial charge >= 0.3 is 10.2 Å². The fourth-order valence-corrected chi connectivity index (χ4v) is 2.49. The predicted octanol–water partition coefficient (Wildman–Crippen LogP) is 0.175. The summed E-state index contributed by atoms with van der Waals surface area (Å²) in [5, 5.41) is 0. The number of hydrogen-bond acceptors (Lipinski definition) is 3. The number of amides is 1. The van der Waals surface area contributed by atoms with Crippen LogP contribution < -0.4 is 10.0 Å². The van der Waals surface area contributed by atoms with Crippen molar-refractivity contribution in [3.63, 3.8) is 0 Å². The Labute approximate surface area is 107 Å². The summed E-state index contributed by atoms with van der Waals surface area (Å²) in [5.41, 5.74) is 5.57. The number of carbonyl (C=O) groups excluding carboxylic acids is 1. The molecule has 0 heterocycles. The summed E-state index contributed by atoms with van der Waals surface area (Å²) in [7, 11) is -0.749. The summed E-state index contributed by atoms with van der Waals surface area (Å²) in [4.78, 5) is 10.8. The summed E-state index contributed by atoms with van der Waals surface area (Å²) in [6, 6.07) is 8.59. The molecule has 0 bridgehead atoms. The minimum atomic E-state index is -3.63. The number of benzene rings is 1. The van der Waals surface area contributed by atoms with Crippen molar-refractivity contribution in [2.75, 3.05) is 24.9 Å². The number of primary amides is 1. The summed E-state index contributed by atoms with van der Waals surface area (Å²) in [6.07, 6.45) is -0.0258. The maximum atomic E-state index is 12.1. The lowest BCUT2D eigenvalue weighted by molar-refractivity contribution is -0.117. The number of hydrogen-bond donors (Lipinski definition) is 1. The Kier molecular flexibility index (Phi) is 4.69. The Morgan fingerprint density at radius 2 is 1.78 bits per heavy atom. The van der Waals surface area contributed by atoms with Gasteiger partial charge in [0.1, 0.15) is 0 Å². The second-order valence-corrected chi connectivity index (χ2v) is 5.98. The average Bonchev–Trinajstić information content (AvgIpc) is 2.29. The van der Waals surface area contributed by atoms with Crippen LogP contribution in [0.2, 0.25) is 0 Å². The minimum Gasteiger partial charge on any atom is -0.370 e. The highest BCUT2D eigenvalue weighted by Crippen LogP contribution is 2.19. The van der Waals surface area contributed by atoms with Crippen LogP contribution in [0.1, 0.15) is 6.42 Å². The van der Waals surface area contributed by atoms with E-state index in [0.29, 0.717) is 5.69 Å². The van der Waals surface area contributed by atoms with Crippen molar-refractivity contribution in [2.24, 2.45) is 5.73 Å². The number of nitrogens with zero attached hydrogens (tertiary/aromatic N) is 2. The van der Waals surface area contributed by atoms with Crippen molar-refractivity contribution in [2.45, 2.75) is 6.42 Å². The quantitative estimate of drug-likeness (QED) is 0.800. The van der Waals surface area contributed by atoms with Crippen LogP contribution in [-0.2, 0) is 15.0 Å². The number of para-hydroxylation sites is 1. The molecule has 1 aromatic carbocycles. The van der Waals surface area contributed by atoms with Gasteiger partial charge in [-0.2, -0.15) is 12.7 Å². The predicted molar refractivity (Wildman–Crippen MR) is 70.2 cm³/mol. The van der Waals surface area contributed by atoms with E-state index in [1.165, 1.54) is 14.1 Å². The highest BCUT2D eigenvalue weighted by Gasteiger charge is 2.24. The molecule has 18 heavy (non-hydrogen) atoms. The molecule has 0 aliphatic rings. The Morgan fingerprint density at radius 3 is 2.22 bits per heavy atom. The molecule has 0 atom stereocenters. The zero-order valence-electron chi connectivity index (χ0n) is 10.4. The van der Waals surface area contributed by atoms with Crippen molar-refractivity contribution in [1.82, 2.24) is 4.31 Å². The smallest absolute Gasteiger partial charge is 0.303 e. The van der Waals surface area contributed by atoms with Gasteiger partial charge in [-0.25, -0.2) is 0 Å². The molecule has 1 amide bonds. The third-order valence-corrected chi connectivity index (χ3v) is 4.22. The molecular weight excluding hydrogens is 254 g/mol. The van der Waals surface area contributed by atoms with Gasteiger partial charge in [-0.1, -0.05) is 18.2 Å². The van der Waals surface area contributed by atoms with E-state index in [2.05, 4.69) is 0 Å². The molecule has 0 aliphatic carbocycles.